The van der Waals surface area contributed by atoms with Gasteiger partial charge in [0.1, 0.15) is 6.07 Å². The van der Waals surface area contributed by atoms with Crippen LogP contribution in [-0.4, -0.2) is 6.54 Å². The number of halogens is 1. The molecule has 2 nitrogen and oxygen atoms in total. The fourth-order valence-corrected chi connectivity index (χ4v) is 1.90. The zero-order chi connectivity index (χ0) is 9.26. The molecule has 13 heavy (non-hydrogen) atoms. The molecule has 0 aromatic heterocycles. The van der Waals surface area contributed by atoms with Crippen molar-refractivity contribution in [3.8, 4) is 6.07 Å². The van der Waals surface area contributed by atoms with Gasteiger partial charge in [0, 0.05) is 10.5 Å². The van der Waals surface area contributed by atoms with Gasteiger partial charge in [-0.05, 0) is 46.6 Å². The number of rotatable bonds is 1. The first kappa shape index (κ1) is 8.74. The van der Waals surface area contributed by atoms with Crippen molar-refractivity contribution < 1.29 is 0 Å². The molecule has 1 heterocycles. The minimum atomic E-state index is 0.490. The van der Waals surface area contributed by atoms with Crippen LogP contribution in [0.15, 0.2) is 22.7 Å². The van der Waals surface area contributed by atoms with Crippen molar-refractivity contribution >= 4 is 15.9 Å². The van der Waals surface area contributed by atoms with Crippen LogP contribution in [0.5, 0.6) is 0 Å². The van der Waals surface area contributed by atoms with Crippen LogP contribution in [-0.2, 0) is 0 Å². The van der Waals surface area contributed by atoms with Crippen LogP contribution >= 0.6 is 15.9 Å². The summed E-state index contributed by atoms with van der Waals surface area (Å²) in [6.07, 6.45) is 1.19. The molecule has 0 radical (unpaired) electrons. The second-order valence-electron chi connectivity index (χ2n) is 3.15. The summed E-state index contributed by atoms with van der Waals surface area (Å²) in [7, 11) is 0. The van der Waals surface area contributed by atoms with E-state index in [2.05, 4.69) is 27.3 Å². The Balaban J connectivity index is 2.30. The lowest BCUT2D eigenvalue weighted by molar-refractivity contribution is 0.383. The number of nitrogens with one attached hydrogen (secondary N) is 1. The Hall–Kier alpha value is -0.850. The van der Waals surface area contributed by atoms with Crippen LogP contribution in [0.2, 0.25) is 0 Å². The number of benzene rings is 1. The van der Waals surface area contributed by atoms with Gasteiger partial charge in [0.2, 0.25) is 0 Å². The summed E-state index contributed by atoms with van der Waals surface area (Å²) in [5.74, 6) is 0. The van der Waals surface area contributed by atoms with Crippen LogP contribution in [0.1, 0.15) is 23.6 Å². The lowest BCUT2D eigenvalue weighted by Crippen LogP contribution is -2.34. The molecule has 0 aliphatic carbocycles. The van der Waals surface area contributed by atoms with Gasteiger partial charge in [-0.2, -0.15) is 5.26 Å². The predicted molar refractivity (Wildman–Crippen MR) is 54.2 cm³/mol. The van der Waals surface area contributed by atoms with E-state index in [0.717, 1.165) is 11.0 Å². The summed E-state index contributed by atoms with van der Waals surface area (Å²) in [4.78, 5) is 0. The monoisotopic (exact) mass is 236 g/mol. The zero-order valence-electron chi connectivity index (χ0n) is 7.05. The van der Waals surface area contributed by atoms with E-state index in [-0.39, 0.29) is 0 Å². The summed E-state index contributed by atoms with van der Waals surface area (Å²) in [6, 6.07) is 8.52. The molecule has 1 unspecified atom stereocenters. The van der Waals surface area contributed by atoms with Gasteiger partial charge >= 0.3 is 0 Å². The van der Waals surface area contributed by atoms with Crippen LogP contribution in [0.4, 0.5) is 0 Å². The lowest BCUT2D eigenvalue weighted by Gasteiger charge is -2.28. The maximum absolute atomic E-state index is 8.72. The van der Waals surface area contributed by atoms with Crippen LogP contribution in [0, 0.1) is 11.3 Å². The standard InChI is InChI=1S/C10H9BrN2/c11-9-5-7(10-3-4-13-10)1-2-8(9)6-12/h1-2,5,10,13H,3-4H2. The molecule has 1 aliphatic rings. The molecule has 0 bridgehead atoms. The number of nitrogens with zero attached hydrogens (tertiary/aromatic N) is 1. The van der Waals surface area contributed by atoms with Gasteiger partial charge in [0.15, 0.2) is 0 Å². The van der Waals surface area contributed by atoms with Crippen LogP contribution in [0.3, 0.4) is 0 Å². The maximum Gasteiger partial charge on any atom is 0.100 e. The molecule has 3 heteroatoms. The molecular formula is C10H9BrN2. The van der Waals surface area contributed by atoms with Crippen LogP contribution < -0.4 is 5.32 Å². The molecule has 0 spiro atoms. The van der Waals surface area contributed by atoms with E-state index in [1.54, 1.807) is 0 Å². The molecule has 2 rings (SSSR count). The second kappa shape index (κ2) is 3.49. The maximum atomic E-state index is 8.72. The van der Waals surface area contributed by atoms with Crippen molar-refractivity contribution in [1.29, 1.82) is 5.26 Å². The number of hydrogen-bond donors (Lipinski definition) is 1. The van der Waals surface area contributed by atoms with Crippen molar-refractivity contribution in [2.24, 2.45) is 0 Å². The topological polar surface area (TPSA) is 35.8 Å². The summed E-state index contributed by atoms with van der Waals surface area (Å²) in [5, 5.41) is 12.0. The Morgan fingerprint density at radius 3 is 2.77 bits per heavy atom. The number of hydrogen-bond acceptors (Lipinski definition) is 2. The molecule has 0 saturated carbocycles. The van der Waals surface area contributed by atoms with E-state index in [9.17, 15) is 0 Å². The third-order valence-electron chi connectivity index (χ3n) is 2.34. The summed E-state index contributed by atoms with van der Waals surface area (Å²) in [6.45, 7) is 1.10. The molecule has 1 aromatic carbocycles. The highest BCUT2D eigenvalue weighted by atomic mass is 79.9. The molecule has 1 aromatic rings. The number of nitriles is 1. The van der Waals surface area contributed by atoms with Gasteiger partial charge in [-0.3, -0.25) is 0 Å². The van der Waals surface area contributed by atoms with Gasteiger partial charge in [-0.15, -0.1) is 0 Å². The summed E-state index contributed by atoms with van der Waals surface area (Å²) in [5.41, 5.74) is 1.96. The molecule has 1 atom stereocenters. The van der Waals surface area contributed by atoms with Crippen molar-refractivity contribution in [3.05, 3.63) is 33.8 Å². The fraction of sp³-hybridized carbons (Fsp3) is 0.300. The Bertz CT molecular complexity index is 364. The zero-order valence-corrected chi connectivity index (χ0v) is 8.63. The predicted octanol–water partition coefficient (Wildman–Crippen LogP) is 2.36. The molecule has 1 aliphatic heterocycles. The summed E-state index contributed by atoms with van der Waals surface area (Å²) >= 11 is 3.38. The second-order valence-corrected chi connectivity index (χ2v) is 4.00. The van der Waals surface area contributed by atoms with Crippen molar-refractivity contribution in [1.82, 2.24) is 5.32 Å². The Morgan fingerprint density at radius 2 is 2.31 bits per heavy atom. The lowest BCUT2D eigenvalue weighted by atomic mass is 9.97. The fourth-order valence-electron chi connectivity index (χ4n) is 1.41. The van der Waals surface area contributed by atoms with Gasteiger partial charge < -0.3 is 5.32 Å². The molecule has 0 amide bonds. The first-order valence-electron chi connectivity index (χ1n) is 4.24. The van der Waals surface area contributed by atoms with E-state index in [1.165, 1.54) is 12.0 Å². The highest BCUT2D eigenvalue weighted by Crippen LogP contribution is 2.26. The SMILES string of the molecule is N#Cc1ccc(C2CCN2)cc1Br. The van der Waals surface area contributed by atoms with Crippen molar-refractivity contribution in [2.75, 3.05) is 6.54 Å². The van der Waals surface area contributed by atoms with Gasteiger partial charge in [0.05, 0.1) is 5.56 Å². The van der Waals surface area contributed by atoms with Crippen LogP contribution in [0.25, 0.3) is 0 Å². The highest BCUT2D eigenvalue weighted by Gasteiger charge is 2.18. The normalized spacial score (nSPS) is 20.5. The molecule has 1 fully saturated rings. The summed E-state index contributed by atoms with van der Waals surface area (Å²) < 4.78 is 0.890. The molecule has 66 valence electrons. The van der Waals surface area contributed by atoms with Gasteiger partial charge in [-0.1, -0.05) is 6.07 Å². The van der Waals surface area contributed by atoms with Crippen molar-refractivity contribution in [2.45, 2.75) is 12.5 Å². The average molecular weight is 237 g/mol. The Morgan fingerprint density at radius 1 is 1.54 bits per heavy atom. The minimum absolute atomic E-state index is 0.490. The Labute approximate surface area is 85.7 Å². The third-order valence-corrected chi connectivity index (χ3v) is 3.00. The van der Waals surface area contributed by atoms with Crippen molar-refractivity contribution in [3.63, 3.8) is 0 Å². The molecule has 1 saturated heterocycles. The van der Waals surface area contributed by atoms with Gasteiger partial charge in [-0.25, -0.2) is 0 Å². The molecule has 1 N–H and O–H groups in total. The molecular weight excluding hydrogens is 228 g/mol. The quantitative estimate of drug-likeness (QED) is 0.813. The minimum Gasteiger partial charge on any atom is -0.310 e. The third kappa shape index (κ3) is 1.60. The van der Waals surface area contributed by atoms with E-state index < -0.39 is 0 Å². The highest BCUT2D eigenvalue weighted by molar-refractivity contribution is 9.10. The smallest absolute Gasteiger partial charge is 0.100 e. The largest absolute Gasteiger partial charge is 0.310 e. The average Bonchev–Trinajstić information content (AvgIpc) is 2.01. The first-order valence-corrected chi connectivity index (χ1v) is 5.03. The van der Waals surface area contributed by atoms with E-state index in [1.807, 2.05) is 18.2 Å². The van der Waals surface area contributed by atoms with E-state index >= 15 is 0 Å². The van der Waals surface area contributed by atoms with E-state index in [4.69, 9.17) is 5.26 Å². The van der Waals surface area contributed by atoms with E-state index in [0.29, 0.717) is 11.6 Å². The first-order chi connectivity index (χ1) is 6.31. The Kier molecular flexibility index (Phi) is 2.34. The van der Waals surface area contributed by atoms with Gasteiger partial charge in [0.25, 0.3) is 0 Å².